The SMILES string of the molecule is CC[C@@H]1C(=O)N(C)c2cnc(-n3ccnc3-c3ncccn3)nc2N1C(C)C.CC[C@@H]1C(=O)N(C)c2cnc(Cl)nc2N1C(C)C.c1cnc(-c2ncc[nH]2)nc1. The molecule has 0 saturated carbocycles. The molecule has 2 atom stereocenters. The fourth-order valence-electron chi connectivity index (χ4n) is 6.70. The molecular weight excluding hydrogens is 748 g/mol. The molecule has 6 aromatic heterocycles. The van der Waals surface area contributed by atoms with Gasteiger partial charge in [-0.05, 0) is 64.3 Å². The summed E-state index contributed by atoms with van der Waals surface area (Å²) in [6.07, 6.45) is 18.3. The van der Waals surface area contributed by atoms with Gasteiger partial charge in [0.15, 0.2) is 34.9 Å². The van der Waals surface area contributed by atoms with E-state index in [1.807, 2.05) is 32.6 Å². The maximum absolute atomic E-state index is 12.8. The summed E-state index contributed by atoms with van der Waals surface area (Å²) in [7, 11) is 3.52. The molecule has 0 bridgehead atoms. The van der Waals surface area contributed by atoms with Crippen molar-refractivity contribution in [1.82, 2.24) is 59.4 Å². The minimum absolute atomic E-state index is 0.0565. The summed E-state index contributed by atoms with van der Waals surface area (Å²) in [4.78, 5) is 77.8. The number of imidazole rings is 2. The molecule has 8 heterocycles. The van der Waals surface area contributed by atoms with Crippen molar-refractivity contribution >= 4 is 46.4 Å². The second kappa shape index (κ2) is 17.6. The normalized spacial score (nSPS) is 16.2. The highest BCUT2D eigenvalue weighted by molar-refractivity contribution is 6.28. The van der Waals surface area contributed by atoms with Crippen molar-refractivity contribution in [2.45, 2.75) is 78.6 Å². The Balaban J connectivity index is 0.000000161. The molecule has 0 radical (unpaired) electrons. The van der Waals surface area contributed by atoms with Gasteiger partial charge in [-0.2, -0.15) is 9.97 Å². The van der Waals surface area contributed by atoms with Crippen LogP contribution in [0, 0.1) is 0 Å². The van der Waals surface area contributed by atoms with E-state index in [0.29, 0.717) is 47.0 Å². The highest BCUT2D eigenvalue weighted by Gasteiger charge is 2.39. The molecule has 0 saturated heterocycles. The summed E-state index contributed by atoms with van der Waals surface area (Å²) in [6.45, 7) is 12.2. The third-order valence-corrected chi connectivity index (χ3v) is 9.54. The lowest BCUT2D eigenvalue weighted by Crippen LogP contribution is -2.55. The van der Waals surface area contributed by atoms with Gasteiger partial charge < -0.3 is 24.6 Å². The summed E-state index contributed by atoms with van der Waals surface area (Å²) in [5.41, 5.74) is 1.41. The van der Waals surface area contributed by atoms with Crippen molar-refractivity contribution in [3.63, 3.8) is 0 Å². The molecule has 8 rings (SSSR count). The Labute approximate surface area is 335 Å². The number of aromatic amines is 1. The van der Waals surface area contributed by atoms with E-state index in [4.69, 9.17) is 16.6 Å². The summed E-state index contributed by atoms with van der Waals surface area (Å²) < 4.78 is 1.76. The second-order valence-electron chi connectivity index (χ2n) is 13.6. The lowest BCUT2D eigenvalue weighted by atomic mass is 10.1. The van der Waals surface area contributed by atoms with Gasteiger partial charge in [0.1, 0.15) is 23.5 Å². The van der Waals surface area contributed by atoms with E-state index in [9.17, 15) is 9.59 Å². The van der Waals surface area contributed by atoms with E-state index in [2.05, 4.69) is 68.6 Å². The number of hydrogen-bond acceptors (Lipinski definition) is 14. The third kappa shape index (κ3) is 8.25. The smallest absolute Gasteiger partial charge is 0.249 e. The predicted octanol–water partition coefficient (Wildman–Crippen LogP) is 5.06. The molecule has 2 aliphatic heterocycles. The number of carbonyl (C=O) groups is 2. The average Bonchev–Trinajstić information content (AvgIpc) is 3.95. The molecule has 19 heteroatoms. The summed E-state index contributed by atoms with van der Waals surface area (Å²) in [5, 5.41) is 0.206. The largest absolute Gasteiger partial charge is 0.342 e. The van der Waals surface area contributed by atoms with Gasteiger partial charge in [-0.15, -0.1) is 0 Å². The van der Waals surface area contributed by atoms with Gasteiger partial charge in [0, 0.05) is 75.8 Å². The maximum Gasteiger partial charge on any atom is 0.249 e. The van der Waals surface area contributed by atoms with E-state index >= 15 is 0 Å². The number of H-pyrrole nitrogens is 1. The highest BCUT2D eigenvalue weighted by Crippen LogP contribution is 2.37. The second-order valence-corrected chi connectivity index (χ2v) is 13.9. The quantitative estimate of drug-likeness (QED) is 0.211. The van der Waals surface area contributed by atoms with Gasteiger partial charge in [-0.3, -0.25) is 14.2 Å². The number of nitrogens with zero attached hydrogens (tertiary/aromatic N) is 15. The van der Waals surface area contributed by atoms with Crippen LogP contribution in [0.25, 0.3) is 29.2 Å². The molecular formula is C38H45ClN16O2. The first-order valence-corrected chi connectivity index (χ1v) is 18.9. The third-order valence-electron chi connectivity index (χ3n) is 9.36. The number of nitrogens with one attached hydrogen (secondary N) is 1. The molecule has 2 amide bonds. The molecule has 296 valence electrons. The van der Waals surface area contributed by atoms with Crippen LogP contribution in [0.1, 0.15) is 54.4 Å². The number of hydrogen-bond donors (Lipinski definition) is 1. The Bertz CT molecular complexity index is 2270. The summed E-state index contributed by atoms with van der Waals surface area (Å²) in [6, 6.07) is 3.38. The number of rotatable bonds is 7. The number of anilines is 4. The van der Waals surface area contributed by atoms with E-state index in [0.717, 1.165) is 18.1 Å². The lowest BCUT2D eigenvalue weighted by Gasteiger charge is -2.42. The van der Waals surface area contributed by atoms with E-state index in [1.54, 1.807) is 103 Å². The molecule has 0 unspecified atom stereocenters. The molecule has 57 heavy (non-hydrogen) atoms. The van der Waals surface area contributed by atoms with Crippen LogP contribution >= 0.6 is 11.6 Å². The van der Waals surface area contributed by atoms with Gasteiger partial charge in [0.05, 0.1) is 12.4 Å². The molecule has 1 N–H and O–H groups in total. The number of fused-ring (bicyclic) bond motifs is 2. The van der Waals surface area contributed by atoms with Crippen LogP contribution in [0.15, 0.2) is 74.1 Å². The van der Waals surface area contributed by atoms with Crippen molar-refractivity contribution in [1.29, 1.82) is 0 Å². The molecule has 2 aliphatic rings. The first-order chi connectivity index (χ1) is 27.5. The zero-order valence-corrected chi connectivity index (χ0v) is 33.8. The van der Waals surface area contributed by atoms with Gasteiger partial charge in [-0.1, -0.05) is 13.8 Å². The monoisotopic (exact) mass is 792 g/mol. The van der Waals surface area contributed by atoms with Gasteiger partial charge in [-0.25, -0.2) is 39.9 Å². The van der Waals surface area contributed by atoms with Crippen molar-refractivity contribution < 1.29 is 9.59 Å². The Morgan fingerprint density at radius 2 is 1.19 bits per heavy atom. The standard InChI is InChI=1S/C19H22N8O.C12H17ClN4O.C7H6N4/c1-5-13-18(28)25(4)14-11-23-19(24-16(14)27(13)12(2)3)26-10-9-22-17(26)15-20-7-6-8-21-15;1-5-8-11(18)16(4)9-6-14-12(13)15-10(9)17(8)7(2)3;1-2-8-6(9-3-1)7-10-4-5-11-7/h6-13H,5H2,1-4H3;6-8H,5H2,1-4H3;1-5H,(H,10,11)/t13-;8-;/m11./s1. The number of likely N-dealkylation sites (N-methyl/N-ethyl adjacent to an activating group) is 2. The molecule has 0 aromatic carbocycles. The van der Waals surface area contributed by atoms with Gasteiger partial charge in [0.2, 0.25) is 23.0 Å². The van der Waals surface area contributed by atoms with Crippen molar-refractivity contribution in [2.24, 2.45) is 0 Å². The molecule has 6 aromatic rings. The number of halogens is 1. The van der Waals surface area contributed by atoms with Crippen LogP contribution in [0.4, 0.5) is 23.0 Å². The Morgan fingerprint density at radius 3 is 1.70 bits per heavy atom. The maximum atomic E-state index is 12.8. The molecule has 0 spiro atoms. The Kier molecular flexibility index (Phi) is 12.4. The molecule has 0 fully saturated rings. The van der Waals surface area contributed by atoms with Crippen LogP contribution < -0.4 is 19.6 Å². The highest BCUT2D eigenvalue weighted by atomic mass is 35.5. The topological polar surface area (TPSA) is 197 Å². The first-order valence-electron chi connectivity index (χ1n) is 18.6. The van der Waals surface area contributed by atoms with E-state index < -0.39 is 0 Å². The first kappa shape index (κ1) is 40.2. The average molecular weight is 793 g/mol. The van der Waals surface area contributed by atoms with Crippen molar-refractivity contribution in [2.75, 3.05) is 33.7 Å². The van der Waals surface area contributed by atoms with Crippen LogP contribution in [-0.4, -0.2) is 109 Å². The van der Waals surface area contributed by atoms with E-state index in [1.165, 1.54) is 0 Å². The Hall–Kier alpha value is -6.43. The predicted molar refractivity (Wildman–Crippen MR) is 217 cm³/mol. The van der Waals surface area contributed by atoms with Crippen molar-refractivity contribution in [3.8, 4) is 29.2 Å². The van der Waals surface area contributed by atoms with E-state index in [-0.39, 0.29) is 41.3 Å². The van der Waals surface area contributed by atoms with Gasteiger partial charge >= 0.3 is 0 Å². The fourth-order valence-corrected chi connectivity index (χ4v) is 6.82. The minimum Gasteiger partial charge on any atom is -0.342 e. The van der Waals surface area contributed by atoms with Crippen LogP contribution in [0.3, 0.4) is 0 Å². The molecule has 0 aliphatic carbocycles. The molecule has 18 nitrogen and oxygen atoms in total. The number of aromatic nitrogens is 12. The lowest BCUT2D eigenvalue weighted by molar-refractivity contribution is -0.120. The zero-order valence-electron chi connectivity index (χ0n) is 33.1. The number of amides is 2. The minimum atomic E-state index is -0.250. The fraction of sp³-hybridized carbons (Fsp3) is 0.368. The Morgan fingerprint density at radius 1 is 0.667 bits per heavy atom. The summed E-state index contributed by atoms with van der Waals surface area (Å²) in [5.74, 6) is 4.44. The van der Waals surface area contributed by atoms with Crippen molar-refractivity contribution in [3.05, 3.63) is 79.4 Å². The van der Waals surface area contributed by atoms with Gasteiger partial charge in [0.25, 0.3) is 0 Å². The van der Waals surface area contributed by atoms with Crippen LogP contribution in [-0.2, 0) is 9.59 Å². The van der Waals surface area contributed by atoms with Crippen LogP contribution in [0.5, 0.6) is 0 Å². The number of carbonyl (C=O) groups excluding carboxylic acids is 2. The zero-order chi connectivity index (χ0) is 40.8. The van der Waals surface area contributed by atoms with Crippen LogP contribution in [0.2, 0.25) is 5.28 Å². The summed E-state index contributed by atoms with van der Waals surface area (Å²) >= 11 is 5.87.